The molecule has 19 heavy (non-hydrogen) atoms. The average Bonchev–Trinajstić information content (AvgIpc) is 2.40. The number of rotatable bonds is 3. The van der Waals surface area contributed by atoms with Gasteiger partial charge in [0.05, 0.1) is 11.3 Å². The molecule has 4 N–H and O–H groups in total. The summed E-state index contributed by atoms with van der Waals surface area (Å²) in [6, 6.07) is 12.3. The summed E-state index contributed by atoms with van der Waals surface area (Å²) in [7, 11) is 0. The van der Waals surface area contributed by atoms with Crippen LogP contribution < -0.4 is 11.1 Å². The largest absolute Gasteiger partial charge is 0.505 e. The van der Waals surface area contributed by atoms with Crippen molar-refractivity contribution >= 4 is 27.5 Å². The second-order valence-corrected chi connectivity index (χ2v) is 4.87. The Morgan fingerprint density at radius 1 is 1.21 bits per heavy atom. The zero-order chi connectivity index (χ0) is 13.8. The summed E-state index contributed by atoms with van der Waals surface area (Å²) >= 11 is 3.41. The number of amides is 1. The van der Waals surface area contributed by atoms with Gasteiger partial charge < -0.3 is 16.2 Å². The quantitative estimate of drug-likeness (QED) is 0.601. The van der Waals surface area contributed by atoms with E-state index in [1.807, 2.05) is 24.3 Å². The number of nitrogens with two attached hydrogens (primary N) is 1. The van der Waals surface area contributed by atoms with Gasteiger partial charge in [0.1, 0.15) is 0 Å². The van der Waals surface area contributed by atoms with Crippen LogP contribution in [0.2, 0.25) is 0 Å². The van der Waals surface area contributed by atoms with Gasteiger partial charge in [-0.05, 0) is 23.8 Å². The first kappa shape index (κ1) is 13.4. The zero-order valence-electron chi connectivity index (χ0n) is 10.1. The highest BCUT2D eigenvalue weighted by Gasteiger charge is 2.12. The summed E-state index contributed by atoms with van der Waals surface area (Å²) in [6.07, 6.45) is 0. The predicted molar refractivity (Wildman–Crippen MR) is 77.8 cm³/mol. The molecule has 0 saturated carbocycles. The lowest BCUT2D eigenvalue weighted by atomic mass is 10.1. The molecule has 2 aromatic rings. The molecule has 0 fully saturated rings. The summed E-state index contributed by atoms with van der Waals surface area (Å²) in [6.45, 7) is 0.370. The normalized spacial score (nSPS) is 10.2. The van der Waals surface area contributed by atoms with E-state index in [2.05, 4.69) is 21.2 Å². The van der Waals surface area contributed by atoms with Gasteiger partial charge in [-0.15, -0.1) is 0 Å². The van der Waals surface area contributed by atoms with Crippen LogP contribution in [0.15, 0.2) is 46.9 Å². The van der Waals surface area contributed by atoms with Gasteiger partial charge in [0, 0.05) is 11.0 Å². The summed E-state index contributed by atoms with van der Waals surface area (Å²) in [4.78, 5) is 12.0. The van der Waals surface area contributed by atoms with Crippen LogP contribution in [0, 0.1) is 0 Å². The van der Waals surface area contributed by atoms with Gasteiger partial charge in [-0.2, -0.15) is 0 Å². The van der Waals surface area contributed by atoms with Gasteiger partial charge in [-0.3, -0.25) is 4.79 Å². The molecular weight excluding hydrogens is 308 g/mol. The molecule has 98 valence electrons. The van der Waals surface area contributed by atoms with E-state index in [0.717, 1.165) is 10.0 Å². The lowest BCUT2D eigenvalue weighted by Crippen LogP contribution is -2.23. The second kappa shape index (κ2) is 5.75. The third-order valence-electron chi connectivity index (χ3n) is 2.71. The first-order chi connectivity index (χ1) is 9.09. The minimum atomic E-state index is -0.361. The summed E-state index contributed by atoms with van der Waals surface area (Å²) < 4.78 is 0.923. The first-order valence-electron chi connectivity index (χ1n) is 5.68. The highest BCUT2D eigenvalue weighted by molar-refractivity contribution is 9.10. The number of benzene rings is 2. The molecule has 0 saturated heterocycles. The van der Waals surface area contributed by atoms with Crippen molar-refractivity contribution in [2.75, 3.05) is 5.73 Å². The number of carbonyl (C=O) groups excluding carboxylic acids is 1. The maximum atomic E-state index is 12.0. The van der Waals surface area contributed by atoms with Crippen molar-refractivity contribution in [2.45, 2.75) is 6.54 Å². The van der Waals surface area contributed by atoms with E-state index in [-0.39, 0.29) is 22.9 Å². The van der Waals surface area contributed by atoms with E-state index in [0.29, 0.717) is 6.54 Å². The zero-order valence-corrected chi connectivity index (χ0v) is 11.6. The van der Waals surface area contributed by atoms with Crippen LogP contribution in [-0.4, -0.2) is 11.0 Å². The standard InChI is InChI=1S/C14H13BrN2O2/c15-11-6-2-1-4-9(11)8-17-14(19)10-5-3-7-12(16)13(10)18/h1-7,18H,8,16H2,(H,17,19). The number of anilines is 1. The van der Waals surface area contributed by atoms with Crippen LogP contribution >= 0.6 is 15.9 Å². The van der Waals surface area contributed by atoms with Crippen molar-refractivity contribution in [3.05, 3.63) is 58.1 Å². The minimum Gasteiger partial charge on any atom is -0.505 e. The SMILES string of the molecule is Nc1cccc(C(=O)NCc2ccccc2Br)c1O. The van der Waals surface area contributed by atoms with Crippen LogP contribution in [-0.2, 0) is 6.54 Å². The van der Waals surface area contributed by atoms with E-state index >= 15 is 0 Å². The fourth-order valence-corrected chi connectivity index (χ4v) is 2.08. The third-order valence-corrected chi connectivity index (χ3v) is 3.48. The molecule has 0 unspecified atom stereocenters. The Hall–Kier alpha value is -2.01. The fraction of sp³-hybridized carbons (Fsp3) is 0.0714. The monoisotopic (exact) mass is 320 g/mol. The summed E-state index contributed by atoms with van der Waals surface area (Å²) in [5.41, 5.74) is 6.87. The van der Waals surface area contributed by atoms with Crippen molar-refractivity contribution in [1.29, 1.82) is 0 Å². The average molecular weight is 321 g/mol. The molecular formula is C14H13BrN2O2. The van der Waals surface area contributed by atoms with Gasteiger partial charge in [0.25, 0.3) is 5.91 Å². The van der Waals surface area contributed by atoms with Crippen molar-refractivity contribution in [3.63, 3.8) is 0 Å². The number of halogens is 1. The number of phenols is 1. The molecule has 0 aliphatic heterocycles. The van der Waals surface area contributed by atoms with E-state index in [4.69, 9.17) is 5.73 Å². The van der Waals surface area contributed by atoms with Crippen molar-refractivity contribution in [2.24, 2.45) is 0 Å². The lowest BCUT2D eigenvalue weighted by molar-refractivity contribution is 0.0948. The molecule has 2 rings (SSSR count). The molecule has 0 aliphatic rings. The van der Waals surface area contributed by atoms with Crippen molar-refractivity contribution < 1.29 is 9.90 Å². The minimum absolute atomic E-state index is 0.173. The summed E-state index contributed by atoms with van der Waals surface area (Å²) in [5, 5.41) is 12.5. The number of hydrogen-bond acceptors (Lipinski definition) is 3. The molecule has 0 bridgehead atoms. The van der Waals surface area contributed by atoms with E-state index in [1.165, 1.54) is 6.07 Å². The molecule has 4 nitrogen and oxygen atoms in total. The molecule has 5 heteroatoms. The highest BCUT2D eigenvalue weighted by atomic mass is 79.9. The number of aromatic hydroxyl groups is 1. The Bertz CT molecular complexity index is 614. The van der Waals surface area contributed by atoms with E-state index in [1.54, 1.807) is 12.1 Å². The maximum absolute atomic E-state index is 12.0. The Labute approximate surface area is 119 Å². The number of para-hydroxylation sites is 1. The number of nitrogen functional groups attached to an aromatic ring is 1. The van der Waals surface area contributed by atoms with E-state index < -0.39 is 0 Å². The van der Waals surface area contributed by atoms with Crippen LogP contribution in [0.5, 0.6) is 5.75 Å². The molecule has 0 radical (unpaired) electrons. The van der Waals surface area contributed by atoms with Crippen molar-refractivity contribution in [1.82, 2.24) is 5.32 Å². The molecule has 0 atom stereocenters. The number of carbonyl (C=O) groups is 1. The van der Waals surface area contributed by atoms with Crippen LogP contribution in [0.3, 0.4) is 0 Å². The van der Waals surface area contributed by atoms with Crippen molar-refractivity contribution in [3.8, 4) is 5.75 Å². The summed E-state index contributed by atoms with van der Waals surface area (Å²) in [5.74, 6) is -0.548. The van der Waals surface area contributed by atoms with Crippen LogP contribution in [0.25, 0.3) is 0 Å². The van der Waals surface area contributed by atoms with Gasteiger partial charge >= 0.3 is 0 Å². The van der Waals surface area contributed by atoms with E-state index in [9.17, 15) is 9.90 Å². The third kappa shape index (κ3) is 3.06. The Morgan fingerprint density at radius 3 is 2.68 bits per heavy atom. The molecule has 1 amide bonds. The van der Waals surface area contributed by atoms with Gasteiger partial charge in [-0.25, -0.2) is 0 Å². The van der Waals surface area contributed by atoms with Gasteiger partial charge in [0.15, 0.2) is 5.75 Å². The Morgan fingerprint density at radius 2 is 1.95 bits per heavy atom. The number of phenolic OH excluding ortho intramolecular Hbond substituents is 1. The Kier molecular flexibility index (Phi) is 4.06. The van der Waals surface area contributed by atoms with Gasteiger partial charge in [-0.1, -0.05) is 40.2 Å². The highest BCUT2D eigenvalue weighted by Crippen LogP contribution is 2.24. The predicted octanol–water partition coefficient (Wildman–Crippen LogP) is 2.67. The topological polar surface area (TPSA) is 75.4 Å². The molecule has 0 aliphatic carbocycles. The Balaban J connectivity index is 2.10. The molecule has 0 heterocycles. The van der Waals surface area contributed by atoms with Crippen LogP contribution in [0.4, 0.5) is 5.69 Å². The second-order valence-electron chi connectivity index (χ2n) is 4.02. The first-order valence-corrected chi connectivity index (χ1v) is 6.48. The molecule has 0 spiro atoms. The number of hydrogen-bond donors (Lipinski definition) is 3. The van der Waals surface area contributed by atoms with Crippen LogP contribution in [0.1, 0.15) is 15.9 Å². The lowest BCUT2D eigenvalue weighted by Gasteiger charge is -2.09. The van der Waals surface area contributed by atoms with Gasteiger partial charge in [0.2, 0.25) is 0 Å². The fourth-order valence-electron chi connectivity index (χ4n) is 1.66. The smallest absolute Gasteiger partial charge is 0.255 e. The molecule has 2 aromatic carbocycles. The molecule has 0 aromatic heterocycles. The number of nitrogens with one attached hydrogen (secondary N) is 1. The maximum Gasteiger partial charge on any atom is 0.255 e.